The molecule has 2 heterocycles. The van der Waals surface area contributed by atoms with E-state index in [0.717, 1.165) is 43.7 Å². The first kappa shape index (κ1) is 12.9. The van der Waals surface area contributed by atoms with Crippen molar-refractivity contribution in [3.8, 4) is 0 Å². The van der Waals surface area contributed by atoms with E-state index in [2.05, 4.69) is 14.8 Å². The molecule has 2 fully saturated rings. The number of hydrogen-bond donors (Lipinski definition) is 1. The summed E-state index contributed by atoms with van der Waals surface area (Å²) in [4.78, 5) is 9.48. The molecule has 1 aliphatic heterocycles. The number of aliphatic hydroxyl groups excluding tert-OH is 1. The van der Waals surface area contributed by atoms with Crippen molar-refractivity contribution in [2.75, 3.05) is 31.1 Å². The highest BCUT2D eigenvalue weighted by Gasteiger charge is 2.26. The summed E-state index contributed by atoms with van der Waals surface area (Å²) in [6.45, 7) is 4.43. The van der Waals surface area contributed by atoms with E-state index in [1.807, 2.05) is 18.2 Å². The van der Waals surface area contributed by atoms with Gasteiger partial charge in [-0.15, -0.1) is 0 Å². The summed E-state index contributed by atoms with van der Waals surface area (Å²) in [6.07, 6.45) is 5.59. The van der Waals surface area contributed by atoms with Crippen LogP contribution >= 0.6 is 0 Å². The number of nitrogens with zero attached hydrogens (tertiary/aromatic N) is 3. The molecule has 104 valence electrons. The third-order valence-electron chi connectivity index (χ3n) is 4.43. The smallest absolute Gasteiger partial charge is 0.128 e. The van der Waals surface area contributed by atoms with Gasteiger partial charge in [-0.2, -0.15) is 0 Å². The third-order valence-corrected chi connectivity index (χ3v) is 4.43. The molecule has 0 radical (unpaired) electrons. The highest BCUT2D eigenvalue weighted by molar-refractivity contribution is 5.39. The summed E-state index contributed by atoms with van der Waals surface area (Å²) < 4.78 is 0. The molecular weight excluding hydrogens is 238 g/mol. The van der Waals surface area contributed by atoms with E-state index >= 15 is 0 Å². The number of aromatic nitrogens is 1. The maximum atomic E-state index is 9.16. The van der Waals surface area contributed by atoms with Gasteiger partial charge in [0.05, 0.1) is 12.3 Å². The van der Waals surface area contributed by atoms with Crippen LogP contribution in [0.4, 0.5) is 5.82 Å². The molecule has 0 aromatic carbocycles. The number of rotatable bonds is 3. The zero-order valence-electron chi connectivity index (χ0n) is 11.5. The van der Waals surface area contributed by atoms with Crippen molar-refractivity contribution in [3.05, 3.63) is 23.9 Å². The largest absolute Gasteiger partial charge is 0.390 e. The zero-order valence-corrected chi connectivity index (χ0v) is 11.5. The van der Waals surface area contributed by atoms with Gasteiger partial charge in [0.15, 0.2) is 0 Å². The van der Waals surface area contributed by atoms with Crippen LogP contribution in [0, 0.1) is 0 Å². The molecular formula is C15H23N3O. The molecule has 0 bridgehead atoms. The quantitative estimate of drug-likeness (QED) is 0.898. The Morgan fingerprint density at radius 2 is 1.84 bits per heavy atom. The summed E-state index contributed by atoms with van der Waals surface area (Å²) in [5, 5.41) is 9.16. The number of hydrogen-bond acceptors (Lipinski definition) is 4. The first-order chi connectivity index (χ1) is 9.36. The van der Waals surface area contributed by atoms with Crippen molar-refractivity contribution >= 4 is 5.82 Å². The normalized spacial score (nSPS) is 22.1. The molecule has 1 aliphatic carbocycles. The summed E-state index contributed by atoms with van der Waals surface area (Å²) >= 11 is 0. The molecule has 2 aliphatic rings. The maximum absolute atomic E-state index is 9.16. The Morgan fingerprint density at radius 3 is 2.53 bits per heavy atom. The SMILES string of the molecule is OCc1cccc(N2CCN(C3CCCC3)CC2)n1. The van der Waals surface area contributed by atoms with Crippen molar-refractivity contribution in [2.45, 2.75) is 38.3 Å². The fourth-order valence-corrected chi connectivity index (χ4v) is 3.32. The van der Waals surface area contributed by atoms with Crippen LogP contribution in [0.2, 0.25) is 0 Å². The molecule has 0 atom stereocenters. The molecule has 19 heavy (non-hydrogen) atoms. The molecule has 1 N–H and O–H groups in total. The monoisotopic (exact) mass is 261 g/mol. The minimum atomic E-state index is 0.0237. The first-order valence-corrected chi connectivity index (χ1v) is 7.42. The van der Waals surface area contributed by atoms with Gasteiger partial charge in [-0.3, -0.25) is 4.90 Å². The van der Waals surface area contributed by atoms with Gasteiger partial charge < -0.3 is 10.0 Å². The van der Waals surface area contributed by atoms with E-state index in [4.69, 9.17) is 5.11 Å². The molecule has 0 amide bonds. The van der Waals surface area contributed by atoms with Crippen molar-refractivity contribution in [1.82, 2.24) is 9.88 Å². The highest BCUT2D eigenvalue weighted by atomic mass is 16.3. The molecule has 1 aromatic heterocycles. The van der Waals surface area contributed by atoms with Crippen LogP contribution in [0.25, 0.3) is 0 Å². The molecule has 4 heteroatoms. The predicted octanol–water partition coefficient (Wildman–Crippen LogP) is 1.64. The van der Waals surface area contributed by atoms with Crippen molar-refractivity contribution in [1.29, 1.82) is 0 Å². The van der Waals surface area contributed by atoms with Crippen LogP contribution in [-0.4, -0.2) is 47.2 Å². The van der Waals surface area contributed by atoms with E-state index < -0.39 is 0 Å². The standard InChI is InChI=1S/C15H23N3O/c19-12-13-4-3-7-15(16-13)18-10-8-17(9-11-18)14-5-1-2-6-14/h3-4,7,14,19H,1-2,5-6,8-12H2. The Labute approximate surface area is 115 Å². The molecule has 3 rings (SSSR count). The summed E-state index contributed by atoms with van der Waals surface area (Å²) in [5.74, 6) is 1.01. The summed E-state index contributed by atoms with van der Waals surface area (Å²) in [7, 11) is 0. The average Bonchev–Trinajstić information content (AvgIpc) is 3.02. The average molecular weight is 261 g/mol. The second kappa shape index (κ2) is 5.88. The van der Waals surface area contributed by atoms with Crippen LogP contribution in [-0.2, 0) is 6.61 Å². The second-order valence-corrected chi connectivity index (χ2v) is 5.61. The van der Waals surface area contributed by atoms with Gasteiger partial charge in [0.1, 0.15) is 5.82 Å². The molecule has 4 nitrogen and oxygen atoms in total. The fourth-order valence-electron chi connectivity index (χ4n) is 3.32. The topological polar surface area (TPSA) is 39.6 Å². The lowest BCUT2D eigenvalue weighted by Gasteiger charge is -2.38. The Kier molecular flexibility index (Phi) is 3.99. The Morgan fingerprint density at radius 1 is 1.11 bits per heavy atom. The van der Waals surface area contributed by atoms with Gasteiger partial charge >= 0.3 is 0 Å². The predicted molar refractivity (Wildman–Crippen MR) is 76.2 cm³/mol. The summed E-state index contributed by atoms with van der Waals surface area (Å²) in [5.41, 5.74) is 0.760. The first-order valence-electron chi connectivity index (χ1n) is 7.42. The lowest BCUT2D eigenvalue weighted by Crippen LogP contribution is -2.50. The van der Waals surface area contributed by atoms with Gasteiger partial charge in [0.2, 0.25) is 0 Å². The van der Waals surface area contributed by atoms with E-state index in [-0.39, 0.29) is 6.61 Å². The number of aliphatic hydroxyl groups is 1. The minimum absolute atomic E-state index is 0.0237. The van der Waals surface area contributed by atoms with Gasteiger partial charge in [-0.1, -0.05) is 18.9 Å². The van der Waals surface area contributed by atoms with E-state index in [1.54, 1.807) is 0 Å². The highest BCUT2D eigenvalue weighted by Crippen LogP contribution is 2.25. The van der Waals surface area contributed by atoms with Crippen molar-refractivity contribution in [2.24, 2.45) is 0 Å². The van der Waals surface area contributed by atoms with Crippen molar-refractivity contribution < 1.29 is 5.11 Å². The van der Waals surface area contributed by atoms with E-state index in [9.17, 15) is 0 Å². The van der Waals surface area contributed by atoms with Gasteiger partial charge in [-0.25, -0.2) is 4.98 Å². The Balaban J connectivity index is 1.59. The lowest BCUT2D eigenvalue weighted by molar-refractivity contribution is 0.187. The van der Waals surface area contributed by atoms with Crippen molar-refractivity contribution in [3.63, 3.8) is 0 Å². The molecule has 1 saturated heterocycles. The van der Waals surface area contributed by atoms with E-state index in [1.165, 1.54) is 25.7 Å². The van der Waals surface area contributed by atoms with Gasteiger partial charge in [0.25, 0.3) is 0 Å². The molecule has 0 unspecified atom stereocenters. The zero-order chi connectivity index (χ0) is 13.1. The number of piperazine rings is 1. The molecule has 1 saturated carbocycles. The van der Waals surface area contributed by atoms with Crippen LogP contribution in [0.1, 0.15) is 31.4 Å². The number of pyridine rings is 1. The Hall–Kier alpha value is -1.13. The van der Waals surface area contributed by atoms with Crippen LogP contribution in [0.15, 0.2) is 18.2 Å². The molecule has 1 aromatic rings. The lowest BCUT2D eigenvalue weighted by atomic mass is 10.2. The van der Waals surface area contributed by atoms with Crippen LogP contribution < -0.4 is 4.90 Å². The van der Waals surface area contributed by atoms with Crippen LogP contribution in [0.3, 0.4) is 0 Å². The summed E-state index contributed by atoms with van der Waals surface area (Å²) in [6, 6.07) is 6.73. The number of anilines is 1. The Bertz CT molecular complexity index is 410. The van der Waals surface area contributed by atoms with Crippen LogP contribution in [0.5, 0.6) is 0 Å². The minimum Gasteiger partial charge on any atom is -0.390 e. The second-order valence-electron chi connectivity index (χ2n) is 5.61. The fraction of sp³-hybridized carbons (Fsp3) is 0.667. The van der Waals surface area contributed by atoms with Gasteiger partial charge in [-0.05, 0) is 25.0 Å². The van der Waals surface area contributed by atoms with Gasteiger partial charge in [0, 0.05) is 32.2 Å². The van der Waals surface area contributed by atoms with E-state index in [0.29, 0.717) is 0 Å². The maximum Gasteiger partial charge on any atom is 0.128 e. The third kappa shape index (κ3) is 2.90. The molecule has 0 spiro atoms.